The molecule has 0 N–H and O–H groups in total. The topological polar surface area (TPSA) is 42.0 Å². The van der Waals surface area contributed by atoms with Gasteiger partial charge in [0.1, 0.15) is 0 Å². The van der Waals surface area contributed by atoms with Gasteiger partial charge in [0.05, 0.1) is 25.3 Å². The molecule has 160 valence electrons. The lowest BCUT2D eigenvalue weighted by atomic mass is 10.0. The molecule has 1 unspecified atom stereocenters. The van der Waals surface area contributed by atoms with Gasteiger partial charge in [-0.3, -0.25) is 9.80 Å². The molecule has 2 heterocycles. The summed E-state index contributed by atoms with van der Waals surface area (Å²) < 4.78 is 50.5. The molecule has 30 heavy (non-hydrogen) atoms. The van der Waals surface area contributed by atoms with Crippen molar-refractivity contribution < 1.29 is 27.4 Å². The summed E-state index contributed by atoms with van der Waals surface area (Å²) in [6.45, 7) is 2.05. The second kappa shape index (κ2) is 8.09. The molecule has 0 bridgehead atoms. The number of ether oxygens (including phenoxy) is 2. The zero-order valence-corrected chi connectivity index (χ0v) is 16.7. The number of nitrogens with zero attached hydrogens (tertiary/aromatic N) is 2. The lowest BCUT2D eigenvalue weighted by Gasteiger charge is -2.29. The molecule has 2 fully saturated rings. The highest BCUT2D eigenvalue weighted by Gasteiger charge is 2.48. The Hall–Kier alpha value is -2.29. The second-order valence-electron chi connectivity index (χ2n) is 7.58. The minimum atomic E-state index is -4.39. The van der Waals surface area contributed by atoms with E-state index in [9.17, 15) is 18.0 Å². The van der Waals surface area contributed by atoms with Gasteiger partial charge < -0.3 is 9.47 Å². The van der Waals surface area contributed by atoms with E-state index in [1.165, 1.54) is 11.0 Å². The fourth-order valence-corrected chi connectivity index (χ4v) is 4.03. The van der Waals surface area contributed by atoms with Crippen LogP contribution in [0.3, 0.4) is 0 Å². The van der Waals surface area contributed by atoms with E-state index in [4.69, 9.17) is 21.1 Å². The van der Waals surface area contributed by atoms with Crippen LogP contribution in [-0.2, 0) is 22.2 Å². The summed E-state index contributed by atoms with van der Waals surface area (Å²) in [5, 5.41) is 0.504. The van der Waals surface area contributed by atoms with Crippen LogP contribution in [0.5, 0.6) is 0 Å². The number of carbonyl (C=O) groups is 1. The molecule has 0 saturated carbocycles. The van der Waals surface area contributed by atoms with Crippen molar-refractivity contribution in [3.63, 3.8) is 0 Å². The molecular formula is C21H20ClF3N2O3. The summed E-state index contributed by atoms with van der Waals surface area (Å²) in [6, 6.07) is 12.2. The molecule has 4 rings (SSSR count). The minimum absolute atomic E-state index is 0.217. The van der Waals surface area contributed by atoms with Gasteiger partial charge in [-0.2, -0.15) is 13.2 Å². The van der Waals surface area contributed by atoms with E-state index in [1.54, 1.807) is 30.3 Å². The molecule has 2 saturated heterocycles. The zero-order valence-electron chi connectivity index (χ0n) is 16.0. The van der Waals surface area contributed by atoms with E-state index in [2.05, 4.69) is 0 Å². The van der Waals surface area contributed by atoms with E-state index in [0.29, 0.717) is 42.5 Å². The Morgan fingerprint density at radius 2 is 1.90 bits per heavy atom. The van der Waals surface area contributed by atoms with E-state index in [0.717, 1.165) is 12.1 Å². The number of benzene rings is 2. The molecule has 1 spiro atoms. The summed E-state index contributed by atoms with van der Waals surface area (Å²) in [7, 11) is 0. The molecule has 2 aromatic carbocycles. The summed E-state index contributed by atoms with van der Waals surface area (Å²) in [4.78, 5) is 16.0. The van der Waals surface area contributed by atoms with Gasteiger partial charge in [-0.15, -0.1) is 0 Å². The molecule has 1 amide bonds. The first-order valence-corrected chi connectivity index (χ1v) is 9.84. The first-order valence-electron chi connectivity index (χ1n) is 9.46. The van der Waals surface area contributed by atoms with Crippen LogP contribution in [0.2, 0.25) is 5.02 Å². The van der Waals surface area contributed by atoms with Gasteiger partial charge in [0.15, 0.2) is 5.60 Å². The SMILES string of the molecule is O=C1OC2(COCCN(Cc3cccc(C(F)(F)F)c3)C2)CN1c1cccc(Cl)c1. The predicted molar refractivity (Wildman–Crippen MR) is 106 cm³/mol. The van der Waals surface area contributed by atoms with E-state index < -0.39 is 23.4 Å². The Balaban J connectivity index is 1.51. The monoisotopic (exact) mass is 440 g/mol. The Labute approximate surface area is 176 Å². The van der Waals surface area contributed by atoms with Crippen molar-refractivity contribution in [3.05, 3.63) is 64.7 Å². The van der Waals surface area contributed by atoms with E-state index in [1.807, 2.05) is 4.90 Å². The highest BCUT2D eigenvalue weighted by molar-refractivity contribution is 6.30. The quantitative estimate of drug-likeness (QED) is 0.700. The first kappa shape index (κ1) is 21.0. The number of halogens is 4. The average Bonchev–Trinajstić information content (AvgIpc) is 2.87. The Bertz CT molecular complexity index is 940. The van der Waals surface area contributed by atoms with Crippen LogP contribution < -0.4 is 4.90 Å². The lowest BCUT2D eigenvalue weighted by Crippen LogP contribution is -2.47. The molecule has 2 aliphatic heterocycles. The molecule has 1 atom stereocenters. The van der Waals surface area contributed by atoms with E-state index >= 15 is 0 Å². The van der Waals surface area contributed by atoms with Gasteiger partial charge in [0.25, 0.3) is 0 Å². The number of hydrogen-bond donors (Lipinski definition) is 0. The summed E-state index contributed by atoms with van der Waals surface area (Å²) in [6.07, 6.45) is -4.89. The molecule has 2 aromatic rings. The number of anilines is 1. The Morgan fingerprint density at radius 3 is 2.67 bits per heavy atom. The van der Waals surface area contributed by atoms with Gasteiger partial charge in [-0.05, 0) is 29.8 Å². The number of alkyl halides is 3. The highest BCUT2D eigenvalue weighted by atomic mass is 35.5. The Kier molecular flexibility index (Phi) is 5.65. The van der Waals surface area contributed by atoms with Gasteiger partial charge in [0, 0.05) is 30.3 Å². The van der Waals surface area contributed by atoms with Crippen LogP contribution in [0.25, 0.3) is 0 Å². The largest absolute Gasteiger partial charge is 0.437 e. The maximum Gasteiger partial charge on any atom is 0.416 e. The molecule has 9 heteroatoms. The minimum Gasteiger partial charge on any atom is -0.437 e. The third-order valence-electron chi connectivity index (χ3n) is 5.18. The van der Waals surface area contributed by atoms with E-state index in [-0.39, 0.29) is 13.2 Å². The molecule has 2 aliphatic rings. The maximum absolute atomic E-state index is 13.0. The number of rotatable bonds is 3. The molecule has 0 aromatic heterocycles. The second-order valence-corrected chi connectivity index (χ2v) is 8.01. The van der Waals surface area contributed by atoms with Crippen LogP contribution in [0.1, 0.15) is 11.1 Å². The fourth-order valence-electron chi connectivity index (χ4n) is 3.85. The molecule has 5 nitrogen and oxygen atoms in total. The number of amides is 1. The van der Waals surface area contributed by atoms with Gasteiger partial charge >= 0.3 is 12.3 Å². The van der Waals surface area contributed by atoms with Crippen LogP contribution in [0, 0.1) is 0 Å². The number of carbonyl (C=O) groups excluding carboxylic acids is 1. The normalized spacial score (nSPS) is 22.9. The summed E-state index contributed by atoms with van der Waals surface area (Å²) in [5.74, 6) is 0. The maximum atomic E-state index is 13.0. The van der Waals surface area contributed by atoms with Crippen LogP contribution >= 0.6 is 11.6 Å². The summed E-state index contributed by atoms with van der Waals surface area (Å²) >= 11 is 6.04. The van der Waals surface area contributed by atoms with Crippen LogP contribution in [0.15, 0.2) is 48.5 Å². The molecular weight excluding hydrogens is 421 g/mol. The zero-order chi connectivity index (χ0) is 21.4. The van der Waals surface area contributed by atoms with Crippen molar-refractivity contribution in [2.24, 2.45) is 0 Å². The van der Waals surface area contributed by atoms with Crippen molar-refractivity contribution >= 4 is 23.4 Å². The third-order valence-corrected chi connectivity index (χ3v) is 5.41. The van der Waals surface area contributed by atoms with Crippen molar-refractivity contribution in [1.82, 2.24) is 4.90 Å². The first-order chi connectivity index (χ1) is 14.2. The van der Waals surface area contributed by atoms with Crippen LogP contribution in [-0.4, -0.2) is 49.4 Å². The van der Waals surface area contributed by atoms with Gasteiger partial charge in [-0.25, -0.2) is 4.79 Å². The lowest BCUT2D eigenvalue weighted by molar-refractivity contribution is -0.137. The number of hydrogen-bond acceptors (Lipinski definition) is 4. The van der Waals surface area contributed by atoms with Gasteiger partial charge in [-0.1, -0.05) is 35.9 Å². The smallest absolute Gasteiger partial charge is 0.416 e. The summed E-state index contributed by atoms with van der Waals surface area (Å²) in [5.41, 5.74) is -0.423. The van der Waals surface area contributed by atoms with Crippen molar-refractivity contribution in [2.45, 2.75) is 18.3 Å². The van der Waals surface area contributed by atoms with Crippen molar-refractivity contribution in [2.75, 3.05) is 37.7 Å². The van der Waals surface area contributed by atoms with Crippen molar-refractivity contribution in [3.8, 4) is 0 Å². The molecule has 0 radical (unpaired) electrons. The fraction of sp³-hybridized carbons (Fsp3) is 0.381. The highest BCUT2D eigenvalue weighted by Crippen LogP contribution is 2.33. The Morgan fingerprint density at radius 1 is 1.10 bits per heavy atom. The standard InChI is InChI=1S/C21H20ClF3N2O3/c22-17-5-2-6-18(10-17)27-13-20(30-19(27)28)12-26(7-8-29-14-20)11-15-3-1-4-16(9-15)21(23,24)25/h1-6,9-10H,7-8,11-14H2. The van der Waals surface area contributed by atoms with Crippen molar-refractivity contribution in [1.29, 1.82) is 0 Å². The van der Waals surface area contributed by atoms with Gasteiger partial charge in [0.2, 0.25) is 0 Å². The average molecular weight is 441 g/mol. The van der Waals surface area contributed by atoms with Crippen LogP contribution in [0.4, 0.5) is 23.7 Å². The predicted octanol–water partition coefficient (Wildman–Crippen LogP) is 4.59. The third kappa shape index (κ3) is 4.55. The molecule has 0 aliphatic carbocycles.